The molecule has 0 spiro atoms. The minimum absolute atomic E-state index is 0.0730. The molecule has 0 unspecified atom stereocenters. The van der Waals surface area contributed by atoms with Crippen molar-refractivity contribution in [3.63, 3.8) is 0 Å². The second-order valence-corrected chi connectivity index (χ2v) is 7.90. The summed E-state index contributed by atoms with van der Waals surface area (Å²) in [6, 6.07) is 4.06. The molecule has 0 aromatic carbocycles. The number of carbonyl (C=O) groups excluding carboxylic acids is 1. The smallest absolute Gasteiger partial charge is 0.417 e. The number of alkyl halides is 3. The molecule has 3 rings (SSSR count). The minimum Gasteiger partial charge on any atom is -0.474 e. The number of nitrogens with one attached hydrogen (secondary N) is 1. The first kappa shape index (κ1) is 19.2. The van der Waals surface area contributed by atoms with Gasteiger partial charge in [0, 0.05) is 28.2 Å². The van der Waals surface area contributed by atoms with Gasteiger partial charge < -0.3 is 10.1 Å². The van der Waals surface area contributed by atoms with Crippen LogP contribution in [0.3, 0.4) is 0 Å². The Morgan fingerprint density at radius 2 is 2.00 bits per heavy atom. The molecule has 4 nitrogen and oxygen atoms in total. The van der Waals surface area contributed by atoms with Gasteiger partial charge in [0.05, 0.1) is 10.4 Å². The van der Waals surface area contributed by atoms with Crippen LogP contribution in [0.1, 0.15) is 40.9 Å². The van der Waals surface area contributed by atoms with Crippen LogP contribution in [-0.2, 0) is 6.18 Å². The number of rotatable bonds is 4. The third-order valence-electron chi connectivity index (χ3n) is 4.15. The van der Waals surface area contributed by atoms with Crippen molar-refractivity contribution >= 4 is 33.2 Å². The van der Waals surface area contributed by atoms with E-state index in [1.54, 1.807) is 6.07 Å². The first-order valence-corrected chi connectivity index (χ1v) is 9.73. The van der Waals surface area contributed by atoms with Crippen LogP contribution in [0.15, 0.2) is 34.2 Å². The summed E-state index contributed by atoms with van der Waals surface area (Å²) in [7, 11) is 0. The molecule has 1 saturated carbocycles. The lowest BCUT2D eigenvalue weighted by molar-refractivity contribution is -0.137. The normalized spacial score (nSPS) is 20.6. The van der Waals surface area contributed by atoms with Crippen molar-refractivity contribution in [2.75, 3.05) is 0 Å². The molecule has 1 amide bonds. The van der Waals surface area contributed by atoms with Crippen molar-refractivity contribution < 1.29 is 22.7 Å². The maximum absolute atomic E-state index is 12.5. The summed E-state index contributed by atoms with van der Waals surface area (Å²) in [5.74, 6) is 0.100. The molecule has 2 heterocycles. The number of halogens is 4. The zero-order valence-corrected chi connectivity index (χ0v) is 16.0. The molecule has 140 valence electrons. The van der Waals surface area contributed by atoms with Crippen LogP contribution in [0.4, 0.5) is 13.2 Å². The molecule has 2 aromatic heterocycles. The Labute approximate surface area is 160 Å². The van der Waals surface area contributed by atoms with E-state index in [-0.39, 0.29) is 23.9 Å². The first-order valence-electron chi connectivity index (χ1n) is 8.06. The van der Waals surface area contributed by atoms with Crippen LogP contribution >= 0.6 is 27.3 Å². The van der Waals surface area contributed by atoms with Crippen molar-refractivity contribution in [2.45, 2.75) is 44.0 Å². The zero-order chi connectivity index (χ0) is 18.7. The second kappa shape index (κ2) is 7.96. The fraction of sp³-hybridized carbons (Fsp3) is 0.412. The van der Waals surface area contributed by atoms with Crippen molar-refractivity contribution in [2.24, 2.45) is 0 Å². The topological polar surface area (TPSA) is 51.2 Å². The number of ether oxygens (including phenoxy) is 1. The van der Waals surface area contributed by atoms with E-state index >= 15 is 0 Å². The third-order valence-corrected chi connectivity index (χ3v) is 5.84. The average molecular weight is 449 g/mol. The van der Waals surface area contributed by atoms with Crippen LogP contribution in [0.25, 0.3) is 0 Å². The number of hydrogen-bond donors (Lipinski definition) is 1. The Morgan fingerprint density at radius 3 is 2.54 bits per heavy atom. The second-order valence-electron chi connectivity index (χ2n) is 6.08. The quantitative estimate of drug-likeness (QED) is 0.712. The number of aromatic nitrogens is 1. The van der Waals surface area contributed by atoms with Gasteiger partial charge in [-0.2, -0.15) is 13.2 Å². The van der Waals surface area contributed by atoms with Gasteiger partial charge in [0.1, 0.15) is 6.10 Å². The zero-order valence-electron chi connectivity index (χ0n) is 13.6. The van der Waals surface area contributed by atoms with E-state index in [2.05, 4.69) is 26.2 Å². The molecule has 0 radical (unpaired) electrons. The molecule has 2 aromatic rings. The van der Waals surface area contributed by atoms with E-state index in [1.807, 2.05) is 5.38 Å². The van der Waals surface area contributed by atoms with Gasteiger partial charge in [0.2, 0.25) is 5.88 Å². The Hall–Kier alpha value is -1.61. The summed E-state index contributed by atoms with van der Waals surface area (Å²) in [5, 5.41) is 4.87. The summed E-state index contributed by atoms with van der Waals surface area (Å²) in [6.07, 6.45) is -0.805. The molecule has 0 saturated heterocycles. The van der Waals surface area contributed by atoms with E-state index in [4.69, 9.17) is 4.74 Å². The number of pyridine rings is 1. The van der Waals surface area contributed by atoms with E-state index in [0.717, 1.165) is 29.6 Å². The Balaban J connectivity index is 1.47. The standard InChI is InChI=1S/C17H16BrF3N2O2S/c18-11-7-14(26-9-11)16(24)23-12-2-4-13(5-3-12)25-15-6-1-10(8-22-15)17(19,20)21/h1,6-9,12-13H,2-5H2,(H,23,24). The van der Waals surface area contributed by atoms with E-state index in [0.29, 0.717) is 17.7 Å². The monoisotopic (exact) mass is 448 g/mol. The maximum Gasteiger partial charge on any atom is 0.417 e. The summed E-state index contributed by atoms with van der Waals surface area (Å²) < 4.78 is 44.1. The molecule has 0 aliphatic heterocycles. The lowest BCUT2D eigenvalue weighted by atomic mass is 9.93. The minimum atomic E-state index is -4.40. The van der Waals surface area contributed by atoms with Crippen LogP contribution in [-0.4, -0.2) is 23.0 Å². The first-order chi connectivity index (χ1) is 12.3. The predicted molar refractivity (Wildman–Crippen MR) is 95.4 cm³/mol. The molecular weight excluding hydrogens is 433 g/mol. The van der Waals surface area contributed by atoms with Crippen molar-refractivity contribution in [3.8, 4) is 5.88 Å². The highest BCUT2D eigenvalue weighted by Gasteiger charge is 2.31. The SMILES string of the molecule is O=C(NC1CCC(Oc2ccc(C(F)(F)F)cn2)CC1)c1cc(Br)cs1. The van der Waals surface area contributed by atoms with Gasteiger partial charge in [-0.1, -0.05) is 0 Å². The molecule has 1 N–H and O–H groups in total. The van der Waals surface area contributed by atoms with Crippen molar-refractivity contribution in [1.82, 2.24) is 10.3 Å². The summed E-state index contributed by atoms with van der Waals surface area (Å²) in [5.41, 5.74) is -0.795. The Kier molecular flexibility index (Phi) is 5.86. The number of amides is 1. The summed E-state index contributed by atoms with van der Waals surface area (Å²) in [4.78, 5) is 16.5. The molecular formula is C17H16BrF3N2O2S. The highest BCUT2D eigenvalue weighted by molar-refractivity contribution is 9.10. The third kappa shape index (κ3) is 4.97. The molecule has 0 bridgehead atoms. The van der Waals surface area contributed by atoms with Crippen LogP contribution in [0.2, 0.25) is 0 Å². The molecule has 9 heteroatoms. The van der Waals surface area contributed by atoms with Crippen molar-refractivity contribution in [3.05, 3.63) is 44.7 Å². The van der Waals surface area contributed by atoms with Gasteiger partial charge in [-0.15, -0.1) is 11.3 Å². The van der Waals surface area contributed by atoms with E-state index in [9.17, 15) is 18.0 Å². The fourth-order valence-electron chi connectivity index (χ4n) is 2.80. The summed E-state index contributed by atoms with van der Waals surface area (Å²) >= 11 is 4.71. The van der Waals surface area contributed by atoms with Crippen molar-refractivity contribution in [1.29, 1.82) is 0 Å². The van der Waals surface area contributed by atoms with Gasteiger partial charge in [0.25, 0.3) is 5.91 Å². The predicted octanol–water partition coefficient (Wildman–Crippen LogP) is 5.04. The van der Waals surface area contributed by atoms with Gasteiger partial charge in [0.15, 0.2) is 0 Å². The molecule has 1 fully saturated rings. The van der Waals surface area contributed by atoms with Gasteiger partial charge in [-0.05, 0) is 53.7 Å². The van der Waals surface area contributed by atoms with Crippen LogP contribution < -0.4 is 10.1 Å². The van der Waals surface area contributed by atoms with Gasteiger partial charge in [-0.25, -0.2) is 4.98 Å². The summed E-state index contributed by atoms with van der Waals surface area (Å²) in [6.45, 7) is 0. The van der Waals surface area contributed by atoms with E-state index < -0.39 is 11.7 Å². The number of hydrogen-bond acceptors (Lipinski definition) is 4. The molecule has 1 aliphatic carbocycles. The highest BCUT2D eigenvalue weighted by atomic mass is 79.9. The molecule has 26 heavy (non-hydrogen) atoms. The highest BCUT2D eigenvalue weighted by Crippen LogP contribution is 2.30. The Morgan fingerprint density at radius 1 is 1.27 bits per heavy atom. The lowest BCUT2D eigenvalue weighted by Crippen LogP contribution is -2.39. The largest absolute Gasteiger partial charge is 0.474 e. The number of carbonyl (C=O) groups is 1. The fourth-order valence-corrected chi connectivity index (χ4v) is 4.13. The van der Waals surface area contributed by atoms with Gasteiger partial charge in [-0.3, -0.25) is 4.79 Å². The number of nitrogens with zero attached hydrogens (tertiary/aromatic N) is 1. The molecule has 0 atom stereocenters. The van der Waals surface area contributed by atoms with Gasteiger partial charge >= 0.3 is 6.18 Å². The van der Waals surface area contributed by atoms with E-state index in [1.165, 1.54) is 17.4 Å². The van der Waals surface area contributed by atoms with Crippen LogP contribution in [0, 0.1) is 0 Å². The van der Waals surface area contributed by atoms with Crippen LogP contribution in [0.5, 0.6) is 5.88 Å². The Bertz CT molecular complexity index is 756. The average Bonchev–Trinajstić information content (AvgIpc) is 3.03. The maximum atomic E-state index is 12.5. The number of thiophene rings is 1. The molecule has 1 aliphatic rings. The lowest BCUT2D eigenvalue weighted by Gasteiger charge is -2.29.